The maximum atomic E-state index is 12.7. The van der Waals surface area contributed by atoms with Crippen LogP contribution in [0.2, 0.25) is 5.02 Å². The maximum Gasteiger partial charge on any atom is 0.329 e. The van der Waals surface area contributed by atoms with Gasteiger partial charge in [0, 0.05) is 0 Å². The number of imide groups is 1. The molecule has 0 saturated carbocycles. The number of aryl methyl sites for hydroxylation is 1. The Kier molecular flexibility index (Phi) is 5.37. The number of hydrogen-bond acceptors (Lipinski definition) is 4. The van der Waals surface area contributed by atoms with E-state index in [0.717, 1.165) is 11.1 Å². The molecule has 1 aliphatic rings. The van der Waals surface area contributed by atoms with Crippen LogP contribution in [0.1, 0.15) is 16.7 Å². The maximum absolute atomic E-state index is 12.7. The molecule has 1 saturated heterocycles. The molecule has 0 radical (unpaired) electrons. The van der Waals surface area contributed by atoms with E-state index in [-0.39, 0.29) is 12.2 Å². The number of carbonyl (C=O) groups excluding carboxylic acids is 2. The Balaban J connectivity index is 1.87. The second-order valence-corrected chi connectivity index (χ2v) is 6.51. The third-order valence-corrected chi connectivity index (χ3v) is 4.43. The van der Waals surface area contributed by atoms with Gasteiger partial charge in [-0.2, -0.15) is 0 Å². The lowest BCUT2D eigenvalue weighted by atomic mass is 10.1. The second-order valence-electron chi connectivity index (χ2n) is 6.11. The van der Waals surface area contributed by atoms with E-state index in [1.807, 2.05) is 31.2 Å². The van der Waals surface area contributed by atoms with Gasteiger partial charge in [0.1, 0.15) is 5.70 Å². The summed E-state index contributed by atoms with van der Waals surface area (Å²) >= 11 is 6.20. The molecule has 0 bridgehead atoms. The van der Waals surface area contributed by atoms with E-state index in [2.05, 4.69) is 5.32 Å². The molecule has 0 atom stereocenters. The minimum absolute atomic E-state index is 0.177. The molecule has 0 aromatic heterocycles. The van der Waals surface area contributed by atoms with Gasteiger partial charge in [0.15, 0.2) is 11.5 Å². The van der Waals surface area contributed by atoms with Crippen LogP contribution in [0.3, 0.4) is 0 Å². The molecule has 0 aliphatic carbocycles. The molecule has 3 amide bonds. The predicted octanol–water partition coefficient (Wildman–Crippen LogP) is 3.76. The van der Waals surface area contributed by atoms with Gasteiger partial charge < -0.3 is 14.8 Å². The molecule has 1 aliphatic heterocycles. The zero-order chi connectivity index (χ0) is 19.6. The number of rotatable bonds is 5. The summed E-state index contributed by atoms with van der Waals surface area (Å²) in [5.74, 6) is 0.446. The van der Waals surface area contributed by atoms with Gasteiger partial charge >= 0.3 is 6.03 Å². The van der Waals surface area contributed by atoms with Crippen molar-refractivity contribution in [1.29, 1.82) is 0 Å². The first kappa shape index (κ1) is 18.8. The van der Waals surface area contributed by atoms with E-state index >= 15 is 0 Å². The molecule has 1 fully saturated rings. The summed E-state index contributed by atoms with van der Waals surface area (Å²) in [6.07, 6.45) is 1.56. The smallest absolute Gasteiger partial charge is 0.329 e. The molecule has 140 valence electrons. The van der Waals surface area contributed by atoms with E-state index in [4.69, 9.17) is 21.1 Å². The van der Waals surface area contributed by atoms with Gasteiger partial charge in [0.25, 0.3) is 5.91 Å². The average molecular weight is 387 g/mol. The van der Waals surface area contributed by atoms with E-state index in [9.17, 15) is 9.59 Å². The van der Waals surface area contributed by atoms with E-state index in [0.29, 0.717) is 22.1 Å². The van der Waals surface area contributed by atoms with E-state index in [1.54, 1.807) is 18.2 Å². The monoisotopic (exact) mass is 386 g/mol. The van der Waals surface area contributed by atoms with Crippen molar-refractivity contribution in [3.05, 3.63) is 63.8 Å². The molecule has 3 rings (SSSR count). The topological polar surface area (TPSA) is 67.9 Å². The first-order valence-electron chi connectivity index (χ1n) is 8.24. The summed E-state index contributed by atoms with van der Waals surface area (Å²) in [5, 5.41) is 2.95. The third kappa shape index (κ3) is 3.90. The Labute approximate surface area is 162 Å². The highest BCUT2D eigenvalue weighted by Crippen LogP contribution is 2.36. The molecule has 0 unspecified atom stereocenters. The lowest BCUT2D eigenvalue weighted by Gasteiger charge is -2.12. The van der Waals surface area contributed by atoms with Crippen LogP contribution in [-0.2, 0) is 11.3 Å². The number of hydrogen-bond donors (Lipinski definition) is 1. The van der Waals surface area contributed by atoms with Gasteiger partial charge in [0.2, 0.25) is 0 Å². The van der Waals surface area contributed by atoms with Gasteiger partial charge in [-0.1, -0.05) is 41.4 Å². The molecule has 1 N–H and O–H groups in total. The molecule has 2 aromatic carbocycles. The number of methoxy groups -OCH3 is 2. The Hall–Kier alpha value is -2.99. The van der Waals surface area contributed by atoms with Crippen LogP contribution in [0.4, 0.5) is 4.79 Å². The minimum Gasteiger partial charge on any atom is -0.493 e. The number of benzene rings is 2. The normalized spacial score (nSPS) is 15.3. The van der Waals surface area contributed by atoms with Crippen LogP contribution >= 0.6 is 11.6 Å². The number of halogens is 1. The highest BCUT2D eigenvalue weighted by atomic mass is 35.5. The van der Waals surface area contributed by atoms with Crippen LogP contribution in [0.15, 0.2) is 42.1 Å². The first-order chi connectivity index (χ1) is 12.9. The molecule has 7 heteroatoms. The SMILES string of the molecule is COc1cc(/C=C2/NC(=O)N(Cc3cccc(C)c3)C2=O)cc(Cl)c1OC. The number of carbonyl (C=O) groups is 2. The summed E-state index contributed by atoms with van der Waals surface area (Å²) in [6, 6.07) is 10.5. The predicted molar refractivity (Wildman–Crippen MR) is 103 cm³/mol. The van der Waals surface area contributed by atoms with E-state index in [1.165, 1.54) is 19.1 Å². The molecular formula is C20H19ClN2O4. The quantitative estimate of drug-likeness (QED) is 0.627. The Morgan fingerprint density at radius 2 is 1.93 bits per heavy atom. The first-order valence-corrected chi connectivity index (χ1v) is 8.62. The van der Waals surface area contributed by atoms with Gasteiger partial charge in [-0.25, -0.2) is 4.79 Å². The zero-order valence-corrected chi connectivity index (χ0v) is 16.0. The third-order valence-electron chi connectivity index (χ3n) is 4.15. The second kappa shape index (κ2) is 7.72. The van der Waals surface area contributed by atoms with Crippen molar-refractivity contribution in [2.75, 3.05) is 14.2 Å². The summed E-state index contributed by atoms with van der Waals surface area (Å²) in [6.45, 7) is 2.16. The van der Waals surface area contributed by atoms with Crippen LogP contribution in [-0.4, -0.2) is 31.1 Å². The number of amides is 3. The van der Waals surface area contributed by atoms with Crippen molar-refractivity contribution in [3.63, 3.8) is 0 Å². The number of ether oxygens (including phenoxy) is 2. The lowest BCUT2D eigenvalue weighted by Crippen LogP contribution is -2.30. The summed E-state index contributed by atoms with van der Waals surface area (Å²) in [7, 11) is 2.99. The highest BCUT2D eigenvalue weighted by Gasteiger charge is 2.33. The van der Waals surface area contributed by atoms with Crippen LogP contribution < -0.4 is 14.8 Å². The molecular weight excluding hydrogens is 368 g/mol. The van der Waals surface area contributed by atoms with Crippen molar-refractivity contribution in [1.82, 2.24) is 10.2 Å². The highest BCUT2D eigenvalue weighted by molar-refractivity contribution is 6.32. The summed E-state index contributed by atoms with van der Waals surface area (Å²) in [4.78, 5) is 26.1. The number of nitrogens with zero attached hydrogens (tertiary/aromatic N) is 1. The molecule has 2 aromatic rings. The van der Waals surface area contributed by atoms with Crippen LogP contribution in [0.25, 0.3) is 6.08 Å². The number of nitrogens with one attached hydrogen (secondary N) is 1. The fraction of sp³-hybridized carbons (Fsp3) is 0.200. The standard InChI is InChI=1S/C20H19ClN2O4/c1-12-5-4-6-13(7-12)11-23-19(24)16(22-20(23)25)9-14-8-15(21)18(27-3)17(10-14)26-2/h4-10H,11H2,1-3H3,(H,22,25)/b16-9+. The van der Waals surface area contributed by atoms with Gasteiger partial charge in [-0.3, -0.25) is 9.69 Å². The van der Waals surface area contributed by atoms with Crippen LogP contribution in [0, 0.1) is 6.92 Å². The Bertz CT molecular complexity index is 940. The average Bonchev–Trinajstić information content (AvgIpc) is 2.88. The lowest BCUT2D eigenvalue weighted by molar-refractivity contribution is -0.123. The zero-order valence-electron chi connectivity index (χ0n) is 15.2. The van der Waals surface area contributed by atoms with Crippen molar-refractivity contribution in [2.45, 2.75) is 13.5 Å². The van der Waals surface area contributed by atoms with Crippen molar-refractivity contribution in [3.8, 4) is 11.5 Å². The van der Waals surface area contributed by atoms with Gasteiger partial charge in [-0.05, 0) is 36.3 Å². The molecule has 0 spiro atoms. The van der Waals surface area contributed by atoms with Gasteiger partial charge in [0.05, 0.1) is 25.8 Å². The van der Waals surface area contributed by atoms with E-state index < -0.39 is 11.9 Å². The fourth-order valence-electron chi connectivity index (χ4n) is 2.90. The fourth-order valence-corrected chi connectivity index (χ4v) is 3.19. The molecule has 1 heterocycles. The van der Waals surface area contributed by atoms with Crippen molar-refractivity contribution in [2.24, 2.45) is 0 Å². The van der Waals surface area contributed by atoms with Crippen molar-refractivity contribution >= 4 is 29.6 Å². The summed E-state index contributed by atoms with van der Waals surface area (Å²) in [5.41, 5.74) is 2.74. The summed E-state index contributed by atoms with van der Waals surface area (Å²) < 4.78 is 10.5. The van der Waals surface area contributed by atoms with Gasteiger partial charge in [-0.15, -0.1) is 0 Å². The largest absolute Gasteiger partial charge is 0.493 e. The molecule has 27 heavy (non-hydrogen) atoms. The Morgan fingerprint density at radius 3 is 2.59 bits per heavy atom. The van der Waals surface area contributed by atoms with Crippen LogP contribution in [0.5, 0.6) is 11.5 Å². The number of urea groups is 1. The van der Waals surface area contributed by atoms with Crippen molar-refractivity contribution < 1.29 is 19.1 Å². The minimum atomic E-state index is -0.459. The Morgan fingerprint density at radius 1 is 1.15 bits per heavy atom. The molecule has 6 nitrogen and oxygen atoms in total.